The van der Waals surface area contributed by atoms with Gasteiger partial charge in [0.05, 0.1) is 5.52 Å². The second-order valence-electron chi connectivity index (χ2n) is 2.94. The molecule has 0 aliphatic rings. The van der Waals surface area contributed by atoms with Gasteiger partial charge in [-0.2, -0.15) is 0 Å². The summed E-state index contributed by atoms with van der Waals surface area (Å²) in [6.45, 7) is 1.56. The molecule has 1 aromatic heterocycles. The number of hydrogen-bond acceptors (Lipinski definition) is 2. The molecule has 2 nitrogen and oxygen atoms in total. The molecule has 0 spiro atoms. The summed E-state index contributed by atoms with van der Waals surface area (Å²) >= 11 is 0. The summed E-state index contributed by atoms with van der Waals surface area (Å²) in [5.74, 6) is 0.0595. The fourth-order valence-corrected chi connectivity index (χ4v) is 1.39. The molecule has 2 rings (SSSR count). The highest BCUT2D eigenvalue weighted by Gasteiger charge is 2.04. The molecule has 0 N–H and O–H groups in total. The van der Waals surface area contributed by atoms with Gasteiger partial charge < -0.3 is 0 Å². The zero-order valence-corrected chi connectivity index (χ0v) is 7.32. The number of hydrogen-bond donors (Lipinski definition) is 0. The van der Waals surface area contributed by atoms with E-state index in [2.05, 4.69) is 4.98 Å². The van der Waals surface area contributed by atoms with E-state index in [9.17, 15) is 4.79 Å². The van der Waals surface area contributed by atoms with Gasteiger partial charge in [0.25, 0.3) is 0 Å². The Morgan fingerprint density at radius 3 is 2.77 bits per heavy atom. The van der Waals surface area contributed by atoms with Crippen molar-refractivity contribution >= 4 is 16.7 Å². The van der Waals surface area contributed by atoms with E-state index in [1.165, 1.54) is 0 Å². The second-order valence-corrected chi connectivity index (χ2v) is 2.94. The summed E-state index contributed by atoms with van der Waals surface area (Å²) in [7, 11) is 0. The third-order valence-corrected chi connectivity index (χ3v) is 2.01. The monoisotopic (exact) mass is 171 g/mol. The van der Waals surface area contributed by atoms with Gasteiger partial charge in [0.2, 0.25) is 0 Å². The number of benzene rings is 1. The van der Waals surface area contributed by atoms with Crippen LogP contribution in [0.3, 0.4) is 0 Å². The zero-order valence-electron chi connectivity index (χ0n) is 7.32. The Labute approximate surface area is 76.2 Å². The summed E-state index contributed by atoms with van der Waals surface area (Å²) < 4.78 is 0. The lowest BCUT2D eigenvalue weighted by Gasteiger charge is -2.00. The molecule has 0 aliphatic heterocycles. The summed E-state index contributed by atoms with van der Waals surface area (Å²) in [4.78, 5) is 15.4. The lowest BCUT2D eigenvalue weighted by molar-refractivity contribution is 0.101. The van der Waals surface area contributed by atoms with E-state index in [4.69, 9.17) is 0 Å². The van der Waals surface area contributed by atoms with Crippen LogP contribution >= 0.6 is 0 Å². The lowest BCUT2D eigenvalue weighted by Crippen LogP contribution is -1.94. The molecule has 0 aliphatic carbocycles. The van der Waals surface area contributed by atoms with Crippen molar-refractivity contribution in [2.45, 2.75) is 6.92 Å². The molecule has 0 unspecified atom stereocenters. The lowest BCUT2D eigenvalue weighted by atomic mass is 10.1. The van der Waals surface area contributed by atoms with Crippen LogP contribution in [0.5, 0.6) is 0 Å². The Hall–Kier alpha value is -1.70. The van der Waals surface area contributed by atoms with Gasteiger partial charge in [0, 0.05) is 17.1 Å². The third kappa shape index (κ3) is 1.31. The Balaban J connectivity index is 2.83. The molecular weight excluding hydrogens is 162 g/mol. The van der Waals surface area contributed by atoms with Gasteiger partial charge in [-0.3, -0.25) is 9.78 Å². The topological polar surface area (TPSA) is 30.0 Å². The van der Waals surface area contributed by atoms with Crippen molar-refractivity contribution < 1.29 is 4.79 Å². The fraction of sp³-hybridized carbons (Fsp3) is 0.0909. The molecule has 0 fully saturated rings. The smallest absolute Gasteiger partial charge is 0.161 e. The van der Waals surface area contributed by atoms with Crippen molar-refractivity contribution in [3.8, 4) is 0 Å². The molecule has 13 heavy (non-hydrogen) atoms. The molecule has 64 valence electrons. The standard InChI is InChI=1S/C11H9NO/c1-8(13)10-6-2-4-9-5-3-7-12-11(9)10/h2-7H,1H3. The maximum Gasteiger partial charge on any atom is 0.161 e. The molecule has 2 aromatic rings. The Morgan fingerprint density at radius 1 is 1.23 bits per heavy atom. The predicted molar refractivity (Wildman–Crippen MR) is 51.7 cm³/mol. The number of rotatable bonds is 1. The molecule has 0 bridgehead atoms. The molecule has 2 heteroatoms. The minimum Gasteiger partial charge on any atom is -0.294 e. The summed E-state index contributed by atoms with van der Waals surface area (Å²) in [5.41, 5.74) is 1.48. The van der Waals surface area contributed by atoms with Crippen molar-refractivity contribution in [3.05, 3.63) is 42.1 Å². The normalized spacial score (nSPS) is 10.2. The van der Waals surface area contributed by atoms with Crippen LogP contribution in [0.15, 0.2) is 36.5 Å². The highest BCUT2D eigenvalue weighted by Crippen LogP contribution is 2.15. The van der Waals surface area contributed by atoms with Gasteiger partial charge in [-0.1, -0.05) is 18.2 Å². The molecular formula is C11H9NO. The summed E-state index contributed by atoms with van der Waals surface area (Å²) in [6, 6.07) is 9.45. The molecule has 0 atom stereocenters. The number of Topliss-reactive ketones (excluding diaryl/α,β-unsaturated/α-hetero) is 1. The van der Waals surface area contributed by atoms with Crippen LogP contribution in [0.1, 0.15) is 17.3 Å². The summed E-state index contributed by atoms with van der Waals surface area (Å²) in [6.07, 6.45) is 1.70. The van der Waals surface area contributed by atoms with Crippen molar-refractivity contribution in [3.63, 3.8) is 0 Å². The minimum atomic E-state index is 0.0595. The van der Waals surface area contributed by atoms with Gasteiger partial charge in [0.15, 0.2) is 5.78 Å². The first kappa shape index (κ1) is 7.92. The van der Waals surface area contributed by atoms with Crippen molar-refractivity contribution in [1.82, 2.24) is 4.98 Å². The van der Waals surface area contributed by atoms with Crippen LogP contribution in [0.2, 0.25) is 0 Å². The maximum atomic E-state index is 11.2. The number of ketones is 1. The first-order valence-corrected chi connectivity index (χ1v) is 4.14. The molecule has 0 radical (unpaired) electrons. The van der Waals surface area contributed by atoms with Crippen molar-refractivity contribution in [1.29, 1.82) is 0 Å². The number of para-hydroxylation sites is 1. The predicted octanol–water partition coefficient (Wildman–Crippen LogP) is 2.44. The average Bonchev–Trinajstić information content (AvgIpc) is 2.17. The van der Waals surface area contributed by atoms with Crippen LogP contribution in [0.4, 0.5) is 0 Å². The molecule has 0 amide bonds. The Morgan fingerprint density at radius 2 is 2.00 bits per heavy atom. The van der Waals surface area contributed by atoms with Gasteiger partial charge >= 0.3 is 0 Å². The number of pyridine rings is 1. The first-order chi connectivity index (χ1) is 6.29. The zero-order chi connectivity index (χ0) is 9.26. The SMILES string of the molecule is CC(=O)c1cccc2cccnc12. The number of fused-ring (bicyclic) bond motifs is 1. The minimum absolute atomic E-state index is 0.0595. The number of aromatic nitrogens is 1. The van der Waals surface area contributed by atoms with E-state index < -0.39 is 0 Å². The Bertz CT molecular complexity index is 457. The maximum absolute atomic E-state index is 11.2. The molecule has 1 heterocycles. The number of nitrogens with zero attached hydrogens (tertiary/aromatic N) is 1. The third-order valence-electron chi connectivity index (χ3n) is 2.01. The van der Waals surface area contributed by atoms with E-state index in [-0.39, 0.29) is 5.78 Å². The van der Waals surface area contributed by atoms with Crippen molar-refractivity contribution in [2.75, 3.05) is 0 Å². The van der Waals surface area contributed by atoms with Crippen LogP contribution in [-0.2, 0) is 0 Å². The fourth-order valence-electron chi connectivity index (χ4n) is 1.39. The number of carbonyl (C=O) groups is 1. The van der Waals surface area contributed by atoms with E-state index in [1.807, 2.05) is 24.3 Å². The Kier molecular flexibility index (Phi) is 1.81. The largest absolute Gasteiger partial charge is 0.294 e. The van der Waals surface area contributed by atoms with E-state index in [0.29, 0.717) is 5.56 Å². The highest BCUT2D eigenvalue weighted by atomic mass is 16.1. The van der Waals surface area contributed by atoms with E-state index in [0.717, 1.165) is 10.9 Å². The summed E-state index contributed by atoms with van der Waals surface area (Å²) in [5, 5.41) is 1.01. The van der Waals surface area contributed by atoms with E-state index in [1.54, 1.807) is 19.2 Å². The van der Waals surface area contributed by atoms with Crippen molar-refractivity contribution in [2.24, 2.45) is 0 Å². The van der Waals surface area contributed by atoms with Crippen LogP contribution in [0.25, 0.3) is 10.9 Å². The first-order valence-electron chi connectivity index (χ1n) is 4.14. The second kappa shape index (κ2) is 2.98. The van der Waals surface area contributed by atoms with Gasteiger partial charge in [-0.25, -0.2) is 0 Å². The van der Waals surface area contributed by atoms with E-state index >= 15 is 0 Å². The van der Waals surface area contributed by atoms with Crippen LogP contribution in [-0.4, -0.2) is 10.8 Å². The van der Waals surface area contributed by atoms with Crippen LogP contribution in [0, 0.1) is 0 Å². The van der Waals surface area contributed by atoms with Gasteiger partial charge in [0.1, 0.15) is 0 Å². The number of carbonyl (C=O) groups excluding carboxylic acids is 1. The van der Waals surface area contributed by atoms with Gasteiger partial charge in [-0.15, -0.1) is 0 Å². The quantitative estimate of drug-likeness (QED) is 0.617. The molecule has 0 saturated carbocycles. The average molecular weight is 171 g/mol. The molecule has 1 aromatic carbocycles. The van der Waals surface area contributed by atoms with Crippen LogP contribution < -0.4 is 0 Å². The van der Waals surface area contributed by atoms with Gasteiger partial charge in [-0.05, 0) is 19.1 Å². The highest BCUT2D eigenvalue weighted by molar-refractivity contribution is 6.05. The molecule has 0 saturated heterocycles.